The zero-order chi connectivity index (χ0) is 10.3. The maximum Gasteiger partial charge on any atom is 0.139 e. The van der Waals surface area contributed by atoms with Crippen molar-refractivity contribution in [2.75, 3.05) is 11.5 Å². The van der Waals surface area contributed by atoms with E-state index < -0.39 is 0 Å². The van der Waals surface area contributed by atoms with Gasteiger partial charge in [0.05, 0.1) is 5.69 Å². The van der Waals surface area contributed by atoms with Gasteiger partial charge in [0.2, 0.25) is 0 Å². The van der Waals surface area contributed by atoms with Crippen molar-refractivity contribution in [2.45, 2.75) is 18.1 Å². The number of aromatic nitrogens is 2. The van der Waals surface area contributed by atoms with Crippen LogP contribution in [0.25, 0.3) is 5.65 Å². The van der Waals surface area contributed by atoms with Crippen molar-refractivity contribution in [3.63, 3.8) is 0 Å². The maximum absolute atomic E-state index is 5.73. The van der Waals surface area contributed by atoms with E-state index >= 15 is 0 Å². The van der Waals surface area contributed by atoms with Gasteiger partial charge in [0.25, 0.3) is 0 Å². The lowest BCUT2D eigenvalue weighted by Gasteiger charge is -2.01. The van der Waals surface area contributed by atoms with Gasteiger partial charge in [-0.1, -0.05) is 0 Å². The second-order valence-corrected chi connectivity index (χ2v) is 5.20. The van der Waals surface area contributed by atoms with Gasteiger partial charge in [-0.15, -0.1) is 0 Å². The molecule has 0 radical (unpaired) electrons. The topological polar surface area (TPSA) is 43.3 Å². The fourth-order valence-corrected chi connectivity index (χ4v) is 3.22. The van der Waals surface area contributed by atoms with Crippen LogP contribution in [0.15, 0.2) is 24.5 Å². The van der Waals surface area contributed by atoms with Gasteiger partial charge in [-0.05, 0) is 24.7 Å². The van der Waals surface area contributed by atoms with Crippen molar-refractivity contribution < 1.29 is 0 Å². The first-order valence-electron chi connectivity index (χ1n) is 5.19. The molecule has 1 fully saturated rings. The normalized spacial score (nSPS) is 21.2. The largest absolute Gasteiger partial charge is 0.399 e. The Kier molecular flexibility index (Phi) is 2.09. The van der Waals surface area contributed by atoms with E-state index in [9.17, 15) is 0 Å². The molecule has 0 aromatic carbocycles. The molecule has 78 valence electrons. The number of imidazole rings is 1. The quantitative estimate of drug-likeness (QED) is 0.801. The number of nitrogen functional groups attached to an aromatic ring is 1. The summed E-state index contributed by atoms with van der Waals surface area (Å²) in [5, 5.41) is 0.589. The summed E-state index contributed by atoms with van der Waals surface area (Å²) in [4.78, 5) is 4.62. The van der Waals surface area contributed by atoms with E-state index in [1.165, 1.54) is 24.3 Å². The molecule has 3 nitrogen and oxygen atoms in total. The molecular formula is C11H13N3S. The lowest BCUT2D eigenvalue weighted by molar-refractivity contribution is 0.813. The molecular weight excluding hydrogens is 206 g/mol. The molecule has 0 saturated carbocycles. The molecule has 1 saturated heterocycles. The van der Waals surface area contributed by atoms with Crippen molar-refractivity contribution in [1.82, 2.24) is 9.38 Å². The van der Waals surface area contributed by atoms with Crippen LogP contribution in [0, 0.1) is 0 Å². The van der Waals surface area contributed by atoms with E-state index in [0.717, 1.165) is 11.3 Å². The Labute approximate surface area is 92.7 Å². The first-order chi connectivity index (χ1) is 7.33. The summed E-state index contributed by atoms with van der Waals surface area (Å²) in [6, 6.07) is 3.82. The van der Waals surface area contributed by atoms with Crippen LogP contribution in [0.2, 0.25) is 0 Å². The summed E-state index contributed by atoms with van der Waals surface area (Å²) in [5.74, 6) is 1.26. The van der Waals surface area contributed by atoms with Crippen molar-refractivity contribution >= 4 is 23.1 Å². The summed E-state index contributed by atoms with van der Waals surface area (Å²) in [5.41, 5.74) is 8.66. The Bertz CT molecular complexity index is 486. The smallest absolute Gasteiger partial charge is 0.139 e. The van der Waals surface area contributed by atoms with E-state index in [4.69, 9.17) is 5.73 Å². The Morgan fingerprint density at radius 3 is 3.27 bits per heavy atom. The molecule has 0 aliphatic carbocycles. The van der Waals surface area contributed by atoms with Crippen LogP contribution in [0.4, 0.5) is 5.69 Å². The van der Waals surface area contributed by atoms with E-state index in [0.29, 0.717) is 5.25 Å². The summed E-state index contributed by atoms with van der Waals surface area (Å²) in [7, 11) is 0. The highest BCUT2D eigenvalue weighted by Crippen LogP contribution is 2.39. The summed E-state index contributed by atoms with van der Waals surface area (Å²) in [6.45, 7) is 0. The predicted molar refractivity (Wildman–Crippen MR) is 64.0 cm³/mol. The van der Waals surface area contributed by atoms with Gasteiger partial charge in [0, 0.05) is 29.4 Å². The van der Waals surface area contributed by atoms with Crippen LogP contribution in [-0.4, -0.2) is 15.1 Å². The highest BCUT2D eigenvalue weighted by molar-refractivity contribution is 7.99. The second-order valence-electron chi connectivity index (χ2n) is 3.89. The molecule has 1 aliphatic heterocycles. The third-order valence-corrected chi connectivity index (χ3v) is 4.17. The molecule has 0 amide bonds. The molecule has 3 heterocycles. The molecule has 15 heavy (non-hydrogen) atoms. The zero-order valence-corrected chi connectivity index (χ0v) is 9.20. The Balaban J connectivity index is 2.05. The van der Waals surface area contributed by atoms with Crippen molar-refractivity contribution in [2.24, 2.45) is 0 Å². The van der Waals surface area contributed by atoms with Gasteiger partial charge < -0.3 is 10.1 Å². The van der Waals surface area contributed by atoms with Gasteiger partial charge in [-0.2, -0.15) is 11.8 Å². The molecule has 2 N–H and O–H groups in total. The third-order valence-electron chi connectivity index (χ3n) is 2.76. The lowest BCUT2D eigenvalue weighted by atomic mass is 10.2. The van der Waals surface area contributed by atoms with Crippen LogP contribution >= 0.6 is 11.8 Å². The monoisotopic (exact) mass is 219 g/mol. The van der Waals surface area contributed by atoms with E-state index in [-0.39, 0.29) is 0 Å². The number of nitrogens with zero attached hydrogens (tertiary/aromatic N) is 2. The summed E-state index contributed by atoms with van der Waals surface area (Å²) in [6.07, 6.45) is 6.66. The highest BCUT2D eigenvalue weighted by atomic mass is 32.2. The first kappa shape index (κ1) is 9.09. The maximum atomic E-state index is 5.73. The average molecular weight is 219 g/mol. The number of hydrogen-bond acceptors (Lipinski definition) is 3. The molecule has 0 bridgehead atoms. The van der Waals surface area contributed by atoms with Crippen LogP contribution in [0.1, 0.15) is 23.8 Å². The minimum absolute atomic E-state index is 0.589. The molecule has 0 spiro atoms. The Morgan fingerprint density at radius 2 is 2.47 bits per heavy atom. The molecule has 4 heteroatoms. The number of rotatable bonds is 1. The fraction of sp³-hybridized carbons (Fsp3) is 0.364. The molecule has 1 unspecified atom stereocenters. The number of fused-ring (bicyclic) bond motifs is 1. The molecule has 3 rings (SSSR count). The first-order valence-corrected chi connectivity index (χ1v) is 6.23. The van der Waals surface area contributed by atoms with Gasteiger partial charge in [0.15, 0.2) is 0 Å². The van der Waals surface area contributed by atoms with Crippen molar-refractivity contribution in [3.05, 3.63) is 30.2 Å². The lowest BCUT2D eigenvalue weighted by Crippen LogP contribution is -1.87. The predicted octanol–water partition coefficient (Wildman–Crippen LogP) is 2.48. The minimum atomic E-state index is 0.589. The van der Waals surface area contributed by atoms with Gasteiger partial charge in [-0.25, -0.2) is 4.98 Å². The van der Waals surface area contributed by atoms with Gasteiger partial charge in [0.1, 0.15) is 5.65 Å². The van der Waals surface area contributed by atoms with Crippen LogP contribution in [-0.2, 0) is 0 Å². The number of anilines is 1. The SMILES string of the molecule is Nc1ccn2cc(C3CCCS3)nc2c1. The van der Waals surface area contributed by atoms with Gasteiger partial charge >= 0.3 is 0 Å². The molecule has 2 aromatic heterocycles. The number of thioether (sulfide) groups is 1. The van der Waals surface area contributed by atoms with Crippen LogP contribution in [0.5, 0.6) is 0 Å². The molecule has 2 aromatic rings. The summed E-state index contributed by atoms with van der Waals surface area (Å²) >= 11 is 2.01. The van der Waals surface area contributed by atoms with E-state index in [1.54, 1.807) is 0 Å². The summed E-state index contributed by atoms with van der Waals surface area (Å²) < 4.78 is 2.05. The zero-order valence-electron chi connectivity index (χ0n) is 8.39. The second kappa shape index (κ2) is 3.45. The van der Waals surface area contributed by atoms with Crippen molar-refractivity contribution in [3.8, 4) is 0 Å². The minimum Gasteiger partial charge on any atom is -0.399 e. The van der Waals surface area contributed by atoms with Crippen LogP contribution in [0.3, 0.4) is 0 Å². The Morgan fingerprint density at radius 1 is 1.53 bits per heavy atom. The highest BCUT2D eigenvalue weighted by Gasteiger charge is 2.20. The third kappa shape index (κ3) is 1.59. The Hall–Kier alpha value is -1.16. The number of hydrogen-bond donors (Lipinski definition) is 1. The fourth-order valence-electron chi connectivity index (χ4n) is 1.98. The number of pyridine rings is 1. The molecule has 1 atom stereocenters. The van der Waals surface area contributed by atoms with E-state index in [1.807, 2.05) is 34.5 Å². The van der Waals surface area contributed by atoms with Crippen LogP contribution < -0.4 is 5.73 Å². The van der Waals surface area contributed by atoms with E-state index in [2.05, 4.69) is 11.2 Å². The average Bonchev–Trinajstić information content (AvgIpc) is 2.84. The number of nitrogens with two attached hydrogens (primary N) is 1. The van der Waals surface area contributed by atoms with Crippen molar-refractivity contribution in [1.29, 1.82) is 0 Å². The standard InChI is InChI=1S/C11H13N3S/c12-8-3-4-14-7-9(13-11(14)6-8)10-2-1-5-15-10/h3-4,6-7,10H,1-2,5,12H2. The molecule has 1 aliphatic rings. The van der Waals surface area contributed by atoms with Gasteiger partial charge in [-0.3, -0.25) is 0 Å².